The normalized spacial score (nSPS) is 19.3. The highest BCUT2D eigenvalue weighted by Crippen LogP contribution is 2.23. The average molecular weight is 311 g/mol. The minimum Gasteiger partial charge on any atom is -0.458 e. The van der Waals surface area contributed by atoms with Crippen LogP contribution in [-0.4, -0.2) is 46.7 Å². The van der Waals surface area contributed by atoms with Crippen molar-refractivity contribution in [3.63, 3.8) is 0 Å². The summed E-state index contributed by atoms with van der Waals surface area (Å²) in [6, 6.07) is -0.567. The van der Waals surface area contributed by atoms with Gasteiger partial charge in [-0.1, -0.05) is 26.3 Å². The molecule has 1 aliphatic rings. The minimum absolute atomic E-state index is 0.0227. The van der Waals surface area contributed by atoms with Gasteiger partial charge in [0.1, 0.15) is 11.6 Å². The number of carbonyl (C=O) groups is 2. The van der Waals surface area contributed by atoms with Crippen LogP contribution in [0.1, 0.15) is 53.9 Å². The Hall–Kier alpha value is -1.36. The Bertz CT molecular complexity index is 436. The summed E-state index contributed by atoms with van der Waals surface area (Å²) in [6.45, 7) is 9.85. The van der Waals surface area contributed by atoms with E-state index in [1.165, 1.54) is 0 Å². The Morgan fingerprint density at radius 3 is 2.59 bits per heavy atom. The predicted molar refractivity (Wildman–Crippen MR) is 85.2 cm³/mol. The highest BCUT2D eigenvalue weighted by molar-refractivity contribution is 5.86. The van der Waals surface area contributed by atoms with Gasteiger partial charge in [-0.3, -0.25) is 4.79 Å². The van der Waals surface area contributed by atoms with E-state index in [0.717, 1.165) is 12.0 Å². The number of aliphatic hydroxyl groups excluding tert-OH is 1. The fourth-order valence-corrected chi connectivity index (χ4v) is 2.53. The first-order valence-corrected chi connectivity index (χ1v) is 8.00. The molecule has 0 fully saturated rings. The van der Waals surface area contributed by atoms with E-state index < -0.39 is 11.6 Å². The van der Waals surface area contributed by atoms with Crippen LogP contribution >= 0.6 is 0 Å². The van der Waals surface area contributed by atoms with E-state index in [9.17, 15) is 14.7 Å². The molecule has 0 unspecified atom stereocenters. The largest absolute Gasteiger partial charge is 0.458 e. The fraction of sp³-hybridized carbons (Fsp3) is 0.765. The van der Waals surface area contributed by atoms with Crippen LogP contribution in [0.4, 0.5) is 0 Å². The predicted octanol–water partition coefficient (Wildman–Crippen LogP) is 2.28. The van der Waals surface area contributed by atoms with Crippen molar-refractivity contribution in [1.29, 1.82) is 0 Å². The highest BCUT2D eigenvalue weighted by Gasteiger charge is 2.36. The second kappa shape index (κ2) is 7.77. The van der Waals surface area contributed by atoms with Gasteiger partial charge in [-0.25, -0.2) is 4.79 Å². The van der Waals surface area contributed by atoms with E-state index in [2.05, 4.69) is 0 Å². The molecular formula is C17H29NO4. The van der Waals surface area contributed by atoms with Crippen molar-refractivity contribution in [3.05, 3.63) is 11.6 Å². The van der Waals surface area contributed by atoms with Gasteiger partial charge in [0.15, 0.2) is 0 Å². The molecule has 0 spiro atoms. The molecule has 1 amide bonds. The Morgan fingerprint density at radius 1 is 1.45 bits per heavy atom. The lowest BCUT2D eigenvalue weighted by Crippen LogP contribution is -2.50. The van der Waals surface area contributed by atoms with Gasteiger partial charge in [-0.2, -0.15) is 0 Å². The lowest BCUT2D eigenvalue weighted by Gasteiger charge is -2.35. The Labute approximate surface area is 133 Å². The van der Waals surface area contributed by atoms with E-state index in [4.69, 9.17) is 4.74 Å². The van der Waals surface area contributed by atoms with Crippen LogP contribution < -0.4 is 0 Å². The quantitative estimate of drug-likeness (QED) is 0.625. The summed E-state index contributed by atoms with van der Waals surface area (Å²) in [7, 11) is 0. The zero-order valence-corrected chi connectivity index (χ0v) is 14.4. The number of hydrogen-bond donors (Lipinski definition) is 1. The topological polar surface area (TPSA) is 66.8 Å². The number of amides is 1. The SMILES string of the molecule is CC[C@H](C)[C@@H](C(=O)OC(C)(C)C)N1CCC(CO)=CCC1=O. The maximum atomic E-state index is 12.6. The third kappa shape index (κ3) is 5.13. The van der Waals surface area contributed by atoms with E-state index in [1.807, 2.05) is 34.6 Å². The van der Waals surface area contributed by atoms with E-state index in [0.29, 0.717) is 13.0 Å². The smallest absolute Gasteiger partial charge is 0.329 e. The van der Waals surface area contributed by atoms with Crippen LogP contribution in [0.5, 0.6) is 0 Å². The van der Waals surface area contributed by atoms with Gasteiger partial charge in [0, 0.05) is 13.0 Å². The summed E-state index contributed by atoms with van der Waals surface area (Å²) in [5, 5.41) is 9.25. The maximum absolute atomic E-state index is 12.6. The molecule has 1 N–H and O–H groups in total. The monoisotopic (exact) mass is 311 g/mol. The molecule has 5 nitrogen and oxygen atoms in total. The second-order valence-corrected chi connectivity index (χ2v) is 6.93. The van der Waals surface area contributed by atoms with Crippen LogP contribution in [-0.2, 0) is 14.3 Å². The molecule has 0 bridgehead atoms. The molecule has 0 saturated heterocycles. The Kier molecular flexibility index (Phi) is 6.60. The molecule has 5 heteroatoms. The van der Waals surface area contributed by atoms with Gasteiger partial charge in [0.25, 0.3) is 0 Å². The molecule has 0 saturated carbocycles. The van der Waals surface area contributed by atoms with Gasteiger partial charge >= 0.3 is 5.97 Å². The van der Waals surface area contributed by atoms with Crippen molar-refractivity contribution >= 4 is 11.9 Å². The number of hydrogen-bond acceptors (Lipinski definition) is 4. The number of rotatable bonds is 5. The maximum Gasteiger partial charge on any atom is 0.329 e. The summed E-state index contributed by atoms with van der Waals surface area (Å²) in [5.74, 6) is -0.406. The molecule has 22 heavy (non-hydrogen) atoms. The van der Waals surface area contributed by atoms with Gasteiger partial charge in [-0.15, -0.1) is 0 Å². The van der Waals surface area contributed by atoms with Gasteiger partial charge in [0.2, 0.25) is 5.91 Å². The van der Waals surface area contributed by atoms with Crippen LogP contribution in [0.3, 0.4) is 0 Å². The molecular weight excluding hydrogens is 282 g/mol. The average Bonchev–Trinajstić information content (AvgIpc) is 2.60. The third-order valence-corrected chi connectivity index (χ3v) is 3.93. The Morgan fingerprint density at radius 2 is 2.09 bits per heavy atom. The van der Waals surface area contributed by atoms with Gasteiger partial charge in [-0.05, 0) is 38.7 Å². The molecule has 0 aliphatic carbocycles. The summed E-state index contributed by atoms with van der Waals surface area (Å²) in [5.41, 5.74) is 0.273. The van der Waals surface area contributed by atoms with Crippen LogP contribution in [0.15, 0.2) is 11.6 Å². The highest BCUT2D eigenvalue weighted by atomic mass is 16.6. The molecule has 1 heterocycles. The lowest BCUT2D eigenvalue weighted by molar-refractivity contribution is -0.167. The third-order valence-electron chi connectivity index (χ3n) is 3.93. The zero-order chi connectivity index (χ0) is 16.9. The van der Waals surface area contributed by atoms with Crippen molar-refractivity contribution in [2.75, 3.05) is 13.2 Å². The van der Waals surface area contributed by atoms with Gasteiger partial charge < -0.3 is 14.7 Å². The standard InChI is InChI=1S/C17H29NO4/c1-6-12(2)15(16(21)22-17(3,4)5)18-10-9-13(11-19)7-8-14(18)20/h7,12,15,19H,6,8-11H2,1-5H3/t12-,15-/m0/s1. The molecule has 0 radical (unpaired) electrons. The molecule has 0 aromatic heterocycles. The van der Waals surface area contributed by atoms with Crippen molar-refractivity contribution in [1.82, 2.24) is 4.90 Å². The molecule has 1 aliphatic heterocycles. The zero-order valence-electron chi connectivity index (χ0n) is 14.4. The van der Waals surface area contributed by atoms with Crippen molar-refractivity contribution < 1.29 is 19.4 Å². The summed E-state index contributed by atoms with van der Waals surface area (Å²) in [4.78, 5) is 26.6. The molecule has 0 aromatic rings. The van der Waals surface area contributed by atoms with E-state index >= 15 is 0 Å². The van der Waals surface area contributed by atoms with Crippen LogP contribution in [0, 0.1) is 5.92 Å². The number of esters is 1. The summed E-state index contributed by atoms with van der Waals surface area (Å²) < 4.78 is 5.52. The lowest BCUT2D eigenvalue weighted by atomic mass is 9.96. The number of aliphatic hydroxyl groups is 1. The first-order chi connectivity index (χ1) is 10.2. The number of carbonyl (C=O) groups excluding carboxylic acids is 2. The first kappa shape index (κ1) is 18.7. The number of nitrogens with zero attached hydrogens (tertiary/aromatic N) is 1. The summed E-state index contributed by atoms with van der Waals surface area (Å²) in [6.07, 6.45) is 3.38. The van der Waals surface area contributed by atoms with Crippen molar-refractivity contribution in [2.45, 2.75) is 65.5 Å². The van der Waals surface area contributed by atoms with E-state index in [-0.39, 0.29) is 30.8 Å². The Balaban J connectivity index is 2.97. The molecule has 1 rings (SSSR count). The summed E-state index contributed by atoms with van der Waals surface area (Å²) >= 11 is 0. The molecule has 126 valence electrons. The first-order valence-electron chi connectivity index (χ1n) is 8.00. The minimum atomic E-state index is -0.577. The van der Waals surface area contributed by atoms with Crippen molar-refractivity contribution in [2.24, 2.45) is 5.92 Å². The van der Waals surface area contributed by atoms with Gasteiger partial charge in [0.05, 0.1) is 6.61 Å². The fourth-order valence-electron chi connectivity index (χ4n) is 2.53. The molecule has 2 atom stereocenters. The van der Waals surface area contributed by atoms with E-state index in [1.54, 1.807) is 11.0 Å². The van der Waals surface area contributed by atoms with Crippen molar-refractivity contribution in [3.8, 4) is 0 Å². The second-order valence-electron chi connectivity index (χ2n) is 6.93. The van der Waals surface area contributed by atoms with Crippen LogP contribution in [0.25, 0.3) is 0 Å². The number of ether oxygens (including phenoxy) is 1. The molecule has 0 aromatic carbocycles. The van der Waals surface area contributed by atoms with Crippen LogP contribution in [0.2, 0.25) is 0 Å².